The molecule has 0 saturated carbocycles. The highest BCUT2D eigenvalue weighted by atomic mass is 15.0. The van der Waals surface area contributed by atoms with Gasteiger partial charge in [-0.05, 0) is 58.2 Å². The highest BCUT2D eigenvalue weighted by Crippen LogP contribution is 2.41. The average molecular weight is 483 g/mol. The largest absolute Gasteiger partial charge is 0.222 e. The van der Waals surface area contributed by atoms with E-state index >= 15 is 0 Å². The van der Waals surface area contributed by atoms with Gasteiger partial charge in [0.25, 0.3) is 0 Å². The van der Waals surface area contributed by atoms with Crippen LogP contribution in [0.5, 0.6) is 0 Å². The van der Waals surface area contributed by atoms with Gasteiger partial charge in [0, 0.05) is 24.5 Å². The van der Waals surface area contributed by atoms with Crippen molar-refractivity contribution in [2.45, 2.75) is 58.4 Å². The molecule has 5 aromatic rings. The smallest absolute Gasteiger partial charge is 0.189 e. The lowest BCUT2D eigenvalue weighted by atomic mass is 9.90. The molecule has 4 aromatic carbocycles. The molecule has 0 amide bonds. The molecule has 0 saturated heterocycles. The van der Waals surface area contributed by atoms with Crippen LogP contribution in [0.15, 0.2) is 97.2 Å². The molecule has 0 spiro atoms. The van der Waals surface area contributed by atoms with E-state index in [9.17, 15) is 0 Å². The summed E-state index contributed by atoms with van der Waals surface area (Å²) in [7, 11) is 0. The third-order valence-electron chi connectivity index (χ3n) is 8.53. The number of unbranched alkanes of at least 4 members (excludes halogenated alkanes) is 1. The fourth-order valence-corrected chi connectivity index (χ4v) is 6.29. The molecule has 0 N–H and O–H groups in total. The molecule has 0 unspecified atom stereocenters. The van der Waals surface area contributed by atoms with Crippen LogP contribution in [0, 0.1) is 0 Å². The Labute approximate surface area is 221 Å². The van der Waals surface area contributed by atoms with E-state index < -0.39 is 0 Å². The Hall–Kier alpha value is -3.71. The summed E-state index contributed by atoms with van der Waals surface area (Å²) in [6.07, 6.45) is 12.9. The molecule has 0 aliphatic carbocycles. The quantitative estimate of drug-likeness (QED) is 0.161. The molecule has 6 rings (SSSR count). The lowest BCUT2D eigenvalue weighted by Crippen LogP contribution is -2.54. The van der Waals surface area contributed by atoms with Gasteiger partial charge in [-0.25, -0.2) is 0 Å². The number of allylic oxidation sites excluding steroid dienone is 1. The second-order valence-electron chi connectivity index (χ2n) is 10.5. The second-order valence-corrected chi connectivity index (χ2v) is 10.5. The molecule has 1 aliphatic rings. The Morgan fingerprint density at radius 1 is 0.703 bits per heavy atom. The predicted octanol–water partition coefficient (Wildman–Crippen LogP) is 9.50. The number of rotatable bonds is 7. The lowest BCUT2D eigenvalue weighted by molar-refractivity contribution is -0.729. The fourth-order valence-electron chi connectivity index (χ4n) is 6.29. The first-order chi connectivity index (χ1) is 18.2. The van der Waals surface area contributed by atoms with Crippen LogP contribution in [0.2, 0.25) is 0 Å². The third-order valence-corrected chi connectivity index (χ3v) is 8.53. The van der Waals surface area contributed by atoms with Crippen molar-refractivity contribution < 1.29 is 4.57 Å². The standard InChI is InChI=1S/C36H36N/c1-4-7-12-26-13-11-16-29(25-26)30-18-17-28-21-23-36(5-2,6-3)37-24-22-31(27-14-9-8-10-15-27)33-20-19-32(30)34(28)35(33)37/h8-11,13-25H,4-7,12H2,1-3H3/q+1. The number of hydrogen-bond donors (Lipinski definition) is 0. The van der Waals surface area contributed by atoms with Crippen molar-refractivity contribution in [1.29, 1.82) is 0 Å². The summed E-state index contributed by atoms with van der Waals surface area (Å²) in [6, 6.07) is 31.8. The molecule has 1 nitrogen and oxygen atoms in total. The van der Waals surface area contributed by atoms with Crippen molar-refractivity contribution in [2.24, 2.45) is 0 Å². The summed E-state index contributed by atoms with van der Waals surface area (Å²) in [5.74, 6) is 0. The molecule has 37 heavy (non-hydrogen) atoms. The van der Waals surface area contributed by atoms with Crippen molar-refractivity contribution in [3.63, 3.8) is 0 Å². The minimum absolute atomic E-state index is 0.0407. The van der Waals surface area contributed by atoms with E-state index in [1.165, 1.54) is 67.9 Å². The van der Waals surface area contributed by atoms with Crippen LogP contribution in [0.3, 0.4) is 0 Å². The molecule has 0 bridgehead atoms. The lowest BCUT2D eigenvalue weighted by Gasteiger charge is -2.24. The minimum atomic E-state index is -0.0407. The zero-order chi connectivity index (χ0) is 25.4. The Kier molecular flexibility index (Phi) is 6.16. The van der Waals surface area contributed by atoms with Gasteiger partial charge >= 0.3 is 0 Å². The fraction of sp³-hybridized carbons (Fsp3) is 0.250. The van der Waals surface area contributed by atoms with Gasteiger partial charge in [-0.15, -0.1) is 0 Å². The van der Waals surface area contributed by atoms with Gasteiger partial charge in [0.1, 0.15) is 0 Å². The highest BCUT2D eigenvalue weighted by molar-refractivity contribution is 6.15. The van der Waals surface area contributed by atoms with Crippen LogP contribution in [-0.4, -0.2) is 0 Å². The number of pyridine rings is 1. The van der Waals surface area contributed by atoms with E-state index in [0.29, 0.717) is 0 Å². The number of hydrogen-bond acceptors (Lipinski definition) is 0. The van der Waals surface area contributed by atoms with Gasteiger partial charge in [-0.3, -0.25) is 0 Å². The first kappa shape index (κ1) is 23.7. The zero-order valence-corrected chi connectivity index (χ0v) is 22.3. The van der Waals surface area contributed by atoms with Crippen LogP contribution >= 0.6 is 0 Å². The van der Waals surface area contributed by atoms with E-state index in [-0.39, 0.29) is 5.54 Å². The van der Waals surface area contributed by atoms with Gasteiger partial charge in [0.05, 0.1) is 10.8 Å². The Balaban J connectivity index is 1.70. The van der Waals surface area contributed by atoms with Crippen molar-refractivity contribution >= 4 is 27.8 Å². The molecular formula is C36H36N+. The molecule has 0 fully saturated rings. The maximum Gasteiger partial charge on any atom is 0.222 e. The van der Waals surface area contributed by atoms with Gasteiger partial charge in [0.15, 0.2) is 11.7 Å². The van der Waals surface area contributed by atoms with Gasteiger partial charge in [0.2, 0.25) is 5.52 Å². The summed E-state index contributed by atoms with van der Waals surface area (Å²) >= 11 is 0. The number of aryl methyl sites for hydroxylation is 1. The maximum absolute atomic E-state index is 2.57. The summed E-state index contributed by atoms with van der Waals surface area (Å²) in [6.45, 7) is 6.91. The maximum atomic E-state index is 2.57. The molecule has 0 atom stereocenters. The SMILES string of the molecule is CCCCc1cccc(-c2ccc3c4c2ccc2c(-c5ccccc5)cc[n+](c24)C(CC)(CC)C=C3)c1. The van der Waals surface area contributed by atoms with Crippen molar-refractivity contribution in [3.05, 3.63) is 108 Å². The molecule has 0 radical (unpaired) electrons. The van der Waals surface area contributed by atoms with Gasteiger partial charge < -0.3 is 0 Å². The van der Waals surface area contributed by atoms with Crippen LogP contribution in [0.25, 0.3) is 50.0 Å². The highest BCUT2D eigenvalue weighted by Gasteiger charge is 2.38. The van der Waals surface area contributed by atoms with Crippen molar-refractivity contribution in [3.8, 4) is 22.3 Å². The first-order valence-electron chi connectivity index (χ1n) is 14.0. The monoisotopic (exact) mass is 482 g/mol. The zero-order valence-electron chi connectivity index (χ0n) is 22.3. The van der Waals surface area contributed by atoms with E-state index in [1.54, 1.807) is 0 Å². The second kappa shape index (κ2) is 9.63. The Bertz CT molecular complexity index is 1620. The predicted molar refractivity (Wildman–Crippen MR) is 159 cm³/mol. The van der Waals surface area contributed by atoms with Gasteiger partial charge in [-0.2, -0.15) is 4.57 Å². The number of aromatic nitrogens is 1. The van der Waals surface area contributed by atoms with E-state index in [1.807, 2.05) is 0 Å². The summed E-state index contributed by atoms with van der Waals surface area (Å²) in [5, 5.41) is 4.03. The summed E-state index contributed by atoms with van der Waals surface area (Å²) in [5.41, 5.74) is 9.27. The number of nitrogens with zero attached hydrogens (tertiary/aromatic N) is 1. The van der Waals surface area contributed by atoms with Crippen LogP contribution in [-0.2, 0) is 12.0 Å². The Morgan fingerprint density at radius 2 is 1.46 bits per heavy atom. The van der Waals surface area contributed by atoms with Crippen molar-refractivity contribution in [2.75, 3.05) is 0 Å². The van der Waals surface area contributed by atoms with E-state index in [4.69, 9.17) is 0 Å². The Morgan fingerprint density at radius 3 is 2.24 bits per heavy atom. The minimum Gasteiger partial charge on any atom is -0.189 e. The van der Waals surface area contributed by atoms with Gasteiger partial charge in [-0.1, -0.05) is 106 Å². The van der Waals surface area contributed by atoms with E-state index in [0.717, 1.165) is 19.3 Å². The molecule has 1 heteroatoms. The van der Waals surface area contributed by atoms with Crippen LogP contribution in [0.4, 0.5) is 0 Å². The molecule has 2 heterocycles. The number of benzene rings is 4. The normalized spacial score (nSPS) is 13.9. The molecule has 1 aromatic heterocycles. The van der Waals surface area contributed by atoms with Crippen LogP contribution < -0.4 is 4.57 Å². The van der Waals surface area contributed by atoms with Crippen LogP contribution in [0.1, 0.15) is 57.6 Å². The first-order valence-corrected chi connectivity index (χ1v) is 14.0. The molecule has 184 valence electrons. The molecule has 1 aliphatic heterocycles. The summed E-state index contributed by atoms with van der Waals surface area (Å²) < 4.78 is 2.57. The van der Waals surface area contributed by atoms with Crippen molar-refractivity contribution in [1.82, 2.24) is 0 Å². The average Bonchev–Trinajstić information content (AvgIpc) is 3.11. The summed E-state index contributed by atoms with van der Waals surface area (Å²) in [4.78, 5) is 0. The third kappa shape index (κ3) is 3.89. The van der Waals surface area contributed by atoms with E-state index in [2.05, 4.69) is 129 Å². The molecular weight excluding hydrogens is 446 g/mol. The topological polar surface area (TPSA) is 3.88 Å².